The van der Waals surface area contributed by atoms with E-state index in [4.69, 9.17) is 11.6 Å². The van der Waals surface area contributed by atoms with Gasteiger partial charge in [0.2, 0.25) is 5.91 Å². The van der Waals surface area contributed by atoms with Gasteiger partial charge < -0.3 is 10.4 Å². The number of hydrogen-bond donors (Lipinski definition) is 3. The maximum atomic E-state index is 12.7. The molecule has 0 unspecified atom stereocenters. The second kappa shape index (κ2) is 8.37. The average Bonchev–Trinajstić information content (AvgIpc) is 2.89. The molecule has 1 aromatic heterocycles. The highest BCUT2D eigenvalue weighted by atomic mass is 35.5. The number of hydrogen-bond acceptors (Lipinski definition) is 5. The number of nitrogens with zero attached hydrogens (tertiary/aromatic N) is 2. The van der Waals surface area contributed by atoms with E-state index in [0.29, 0.717) is 10.7 Å². The second-order valence-corrected chi connectivity index (χ2v) is 8.91. The molecule has 1 heterocycles. The van der Waals surface area contributed by atoms with Gasteiger partial charge in [-0.05, 0) is 50.2 Å². The van der Waals surface area contributed by atoms with Crippen LogP contribution in [0.3, 0.4) is 0 Å². The molecule has 158 valence electrons. The molecule has 3 aromatic rings. The molecule has 2 aromatic carbocycles. The van der Waals surface area contributed by atoms with Crippen LogP contribution in [0.5, 0.6) is 5.75 Å². The lowest BCUT2D eigenvalue weighted by Gasteiger charge is -2.12. The number of halogens is 1. The second-order valence-electron chi connectivity index (χ2n) is 6.79. The average molecular weight is 449 g/mol. The van der Waals surface area contributed by atoms with Crippen molar-refractivity contribution in [3.63, 3.8) is 0 Å². The van der Waals surface area contributed by atoms with Crippen LogP contribution in [0.15, 0.2) is 47.4 Å². The van der Waals surface area contributed by atoms with Crippen molar-refractivity contribution in [2.45, 2.75) is 25.2 Å². The Balaban J connectivity index is 1.81. The number of aryl methyl sites for hydroxylation is 2. The number of phenols is 1. The van der Waals surface area contributed by atoms with E-state index in [0.717, 1.165) is 17.0 Å². The van der Waals surface area contributed by atoms with Gasteiger partial charge in [-0.1, -0.05) is 17.7 Å². The number of carbonyl (C=O) groups excluding carboxylic acids is 1. The fraction of sp³-hybridized carbons (Fsp3) is 0.200. The highest BCUT2D eigenvalue weighted by Crippen LogP contribution is 2.28. The number of benzene rings is 2. The maximum absolute atomic E-state index is 12.7. The predicted octanol–water partition coefficient (Wildman–Crippen LogP) is 3.38. The fourth-order valence-corrected chi connectivity index (χ4v) is 4.24. The fourth-order valence-electron chi connectivity index (χ4n) is 2.98. The summed E-state index contributed by atoms with van der Waals surface area (Å²) in [4.78, 5) is 12.4. The first kappa shape index (κ1) is 21.7. The summed E-state index contributed by atoms with van der Waals surface area (Å²) in [6, 6.07) is 9.93. The third-order valence-electron chi connectivity index (χ3n) is 4.63. The van der Waals surface area contributed by atoms with E-state index in [2.05, 4.69) is 15.1 Å². The summed E-state index contributed by atoms with van der Waals surface area (Å²) in [5.41, 5.74) is 2.66. The van der Waals surface area contributed by atoms with Crippen molar-refractivity contribution < 1.29 is 18.3 Å². The minimum atomic E-state index is -3.96. The number of phenolic OH excluding ortho intramolecular Hbond substituents is 1. The van der Waals surface area contributed by atoms with Gasteiger partial charge in [-0.25, -0.2) is 8.42 Å². The van der Waals surface area contributed by atoms with Crippen LogP contribution >= 0.6 is 11.6 Å². The standard InChI is InChI=1S/C20H21ClN4O4S/c1-12-17(13(2)25(3)23-12)11-20(27)22-18-10-16(7-8-19(18)26)30(28,29)24-15-6-4-5-14(21)9-15/h4-10,24,26H,11H2,1-3H3,(H,22,27). The summed E-state index contributed by atoms with van der Waals surface area (Å²) in [7, 11) is -2.17. The van der Waals surface area contributed by atoms with Gasteiger partial charge in [0.25, 0.3) is 10.0 Å². The quantitative estimate of drug-likeness (QED) is 0.500. The third-order valence-corrected chi connectivity index (χ3v) is 6.24. The number of carbonyl (C=O) groups is 1. The van der Waals surface area contributed by atoms with Gasteiger partial charge in [-0.3, -0.25) is 14.2 Å². The van der Waals surface area contributed by atoms with Crippen LogP contribution in [0.25, 0.3) is 0 Å². The lowest BCUT2D eigenvalue weighted by Crippen LogP contribution is -2.17. The number of anilines is 2. The Morgan fingerprint density at radius 3 is 2.57 bits per heavy atom. The molecular formula is C20H21ClN4O4S. The van der Waals surface area contributed by atoms with Gasteiger partial charge in [0.15, 0.2) is 0 Å². The number of sulfonamides is 1. The SMILES string of the molecule is Cc1nn(C)c(C)c1CC(=O)Nc1cc(S(=O)(=O)Nc2cccc(Cl)c2)ccc1O. The zero-order valence-corrected chi connectivity index (χ0v) is 18.2. The van der Waals surface area contributed by atoms with Gasteiger partial charge >= 0.3 is 0 Å². The van der Waals surface area contributed by atoms with Crippen molar-refractivity contribution in [2.24, 2.45) is 7.05 Å². The molecule has 0 bridgehead atoms. The number of nitrogens with one attached hydrogen (secondary N) is 2. The molecule has 1 amide bonds. The molecule has 0 fully saturated rings. The molecule has 0 atom stereocenters. The van der Waals surface area contributed by atoms with Crippen LogP contribution in [0.1, 0.15) is 17.0 Å². The predicted molar refractivity (Wildman–Crippen MR) is 115 cm³/mol. The lowest BCUT2D eigenvalue weighted by molar-refractivity contribution is -0.115. The Morgan fingerprint density at radius 2 is 1.93 bits per heavy atom. The summed E-state index contributed by atoms with van der Waals surface area (Å²) in [6.45, 7) is 3.66. The first-order valence-corrected chi connectivity index (χ1v) is 10.8. The highest BCUT2D eigenvalue weighted by molar-refractivity contribution is 7.92. The molecule has 0 saturated heterocycles. The van der Waals surface area contributed by atoms with Gasteiger partial charge in [0.05, 0.1) is 28.4 Å². The maximum Gasteiger partial charge on any atom is 0.261 e. The monoisotopic (exact) mass is 448 g/mol. The molecule has 0 radical (unpaired) electrons. The van der Waals surface area contributed by atoms with Crippen molar-refractivity contribution in [3.8, 4) is 5.75 Å². The van der Waals surface area contributed by atoms with Crippen molar-refractivity contribution >= 4 is 38.9 Å². The van der Waals surface area contributed by atoms with Crippen molar-refractivity contribution in [1.29, 1.82) is 0 Å². The molecule has 0 spiro atoms. The van der Waals surface area contributed by atoms with E-state index < -0.39 is 15.9 Å². The molecule has 10 heteroatoms. The zero-order chi connectivity index (χ0) is 22.1. The Hall–Kier alpha value is -3.04. The van der Waals surface area contributed by atoms with Crippen LogP contribution in [-0.2, 0) is 28.3 Å². The van der Waals surface area contributed by atoms with E-state index in [1.807, 2.05) is 13.8 Å². The molecule has 3 rings (SSSR count). The van der Waals surface area contributed by atoms with E-state index in [1.165, 1.54) is 24.3 Å². The van der Waals surface area contributed by atoms with E-state index in [1.54, 1.807) is 29.9 Å². The Kier molecular flexibility index (Phi) is 6.04. The summed E-state index contributed by atoms with van der Waals surface area (Å²) in [5, 5.41) is 17.3. The van der Waals surface area contributed by atoms with E-state index in [9.17, 15) is 18.3 Å². The topological polar surface area (TPSA) is 113 Å². The molecule has 8 nitrogen and oxygen atoms in total. The highest BCUT2D eigenvalue weighted by Gasteiger charge is 2.19. The van der Waals surface area contributed by atoms with Crippen LogP contribution in [0.4, 0.5) is 11.4 Å². The van der Waals surface area contributed by atoms with Crippen LogP contribution in [0.2, 0.25) is 5.02 Å². The van der Waals surface area contributed by atoms with Gasteiger partial charge in [-0.15, -0.1) is 0 Å². The largest absolute Gasteiger partial charge is 0.506 e. The summed E-state index contributed by atoms with van der Waals surface area (Å²) in [6.07, 6.45) is 0.0443. The summed E-state index contributed by atoms with van der Waals surface area (Å²) >= 11 is 5.89. The minimum Gasteiger partial charge on any atom is -0.506 e. The van der Waals surface area contributed by atoms with Crippen LogP contribution in [0, 0.1) is 13.8 Å². The van der Waals surface area contributed by atoms with Crippen molar-refractivity contribution in [2.75, 3.05) is 10.0 Å². The van der Waals surface area contributed by atoms with Crippen LogP contribution < -0.4 is 10.0 Å². The van der Waals surface area contributed by atoms with E-state index in [-0.39, 0.29) is 22.8 Å². The first-order valence-electron chi connectivity index (χ1n) is 8.97. The number of aromatic hydroxyl groups is 1. The summed E-state index contributed by atoms with van der Waals surface area (Å²) < 4.78 is 29.5. The molecule has 0 aliphatic heterocycles. The number of amides is 1. The lowest BCUT2D eigenvalue weighted by atomic mass is 10.1. The molecule has 0 aliphatic carbocycles. The van der Waals surface area contributed by atoms with Crippen molar-refractivity contribution in [3.05, 3.63) is 64.4 Å². The number of aromatic nitrogens is 2. The van der Waals surface area contributed by atoms with E-state index >= 15 is 0 Å². The Morgan fingerprint density at radius 1 is 1.20 bits per heavy atom. The van der Waals surface area contributed by atoms with Crippen LogP contribution in [-0.4, -0.2) is 29.2 Å². The molecule has 0 aliphatic rings. The molecule has 3 N–H and O–H groups in total. The normalized spacial score (nSPS) is 11.3. The Labute approximate surface area is 179 Å². The minimum absolute atomic E-state index is 0.00633. The smallest absolute Gasteiger partial charge is 0.261 e. The number of rotatable bonds is 6. The molecule has 0 saturated carbocycles. The first-order chi connectivity index (χ1) is 14.1. The van der Waals surface area contributed by atoms with Crippen molar-refractivity contribution in [1.82, 2.24) is 9.78 Å². The molecule has 30 heavy (non-hydrogen) atoms. The van der Waals surface area contributed by atoms with Gasteiger partial charge in [-0.2, -0.15) is 5.10 Å². The van der Waals surface area contributed by atoms with Gasteiger partial charge in [0, 0.05) is 23.3 Å². The molecular weight excluding hydrogens is 428 g/mol. The third kappa shape index (κ3) is 4.74. The van der Waals surface area contributed by atoms with Gasteiger partial charge in [0.1, 0.15) is 5.75 Å². The summed E-state index contributed by atoms with van der Waals surface area (Å²) in [5.74, 6) is -0.647. The zero-order valence-electron chi connectivity index (χ0n) is 16.6. The Bertz CT molecular complexity index is 1220.